The number of carboxylic acids is 1. The smallest absolute Gasteiger partial charge is 0.311 e. The number of aromatic nitrogens is 1. The highest BCUT2D eigenvalue weighted by Crippen LogP contribution is 2.34. The Balaban J connectivity index is 1.78. The Kier molecular flexibility index (Phi) is 8.63. The van der Waals surface area contributed by atoms with Crippen molar-refractivity contribution < 1.29 is 28.2 Å². The predicted octanol–water partition coefficient (Wildman–Crippen LogP) is 3.56. The van der Waals surface area contributed by atoms with E-state index in [4.69, 9.17) is 4.74 Å². The number of H-pyrrole nitrogens is 1. The lowest BCUT2D eigenvalue weighted by molar-refractivity contribution is -0.138. The molecule has 1 aromatic heterocycles. The van der Waals surface area contributed by atoms with Crippen molar-refractivity contribution in [3.8, 4) is 5.75 Å². The van der Waals surface area contributed by atoms with Gasteiger partial charge in [0, 0.05) is 29.2 Å². The number of aryl methyl sites for hydroxylation is 1. The zero-order valence-electron chi connectivity index (χ0n) is 20.2. The largest absolute Gasteiger partial charge is 0.492 e. The molecular weight excluding hydrogens is 470 g/mol. The van der Waals surface area contributed by atoms with E-state index in [0.29, 0.717) is 49.7 Å². The van der Waals surface area contributed by atoms with Crippen LogP contribution in [0.5, 0.6) is 5.75 Å². The lowest BCUT2D eigenvalue weighted by Crippen LogP contribution is -2.32. The van der Waals surface area contributed by atoms with Crippen LogP contribution in [0.15, 0.2) is 42.5 Å². The van der Waals surface area contributed by atoms with Crippen molar-refractivity contribution in [1.82, 2.24) is 4.98 Å². The molecule has 10 heteroatoms. The zero-order chi connectivity index (χ0) is 25.6. The summed E-state index contributed by atoms with van der Waals surface area (Å²) in [5.74, 6) is -0.779. The molecule has 9 nitrogen and oxygen atoms in total. The van der Waals surface area contributed by atoms with Crippen LogP contribution >= 0.6 is 0 Å². The monoisotopic (exact) mass is 503 g/mol. The number of rotatable bonds is 13. The lowest BCUT2D eigenvalue weighted by atomic mass is 9.93. The van der Waals surface area contributed by atoms with Gasteiger partial charge in [0.25, 0.3) is 0 Å². The summed E-state index contributed by atoms with van der Waals surface area (Å²) < 4.78 is 32.0. The molecule has 3 rings (SSSR count). The van der Waals surface area contributed by atoms with E-state index in [0.717, 1.165) is 28.4 Å². The average molecular weight is 504 g/mol. The number of carbonyl (C=O) groups is 1. The maximum Gasteiger partial charge on any atom is 0.311 e. The Morgan fingerprint density at radius 3 is 2.54 bits per heavy atom. The highest BCUT2D eigenvalue weighted by Gasteiger charge is 2.24. The minimum absolute atomic E-state index is 0.105. The van der Waals surface area contributed by atoms with E-state index >= 15 is 0 Å². The van der Waals surface area contributed by atoms with Gasteiger partial charge in [-0.25, -0.2) is 8.42 Å². The van der Waals surface area contributed by atoms with Crippen LogP contribution in [0.4, 0.5) is 11.4 Å². The van der Waals surface area contributed by atoms with Gasteiger partial charge in [-0.15, -0.1) is 0 Å². The summed E-state index contributed by atoms with van der Waals surface area (Å²) in [6.45, 7) is 4.77. The average Bonchev–Trinajstić information content (AvgIpc) is 3.16. The van der Waals surface area contributed by atoms with Crippen molar-refractivity contribution in [2.45, 2.75) is 32.6 Å². The normalized spacial score (nSPS) is 12.5. The van der Waals surface area contributed by atoms with Crippen LogP contribution < -0.4 is 14.4 Å². The van der Waals surface area contributed by atoms with Gasteiger partial charge in [-0.3, -0.25) is 9.52 Å². The number of hydrogen-bond acceptors (Lipinski definition) is 6. The fraction of sp³-hybridized carbons (Fsp3) is 0.400. The first-order valence-corrected chi connectivity index (χ1v) is 13.5. The molecular formula is C25H33N3O6S. The molecule has 0 aliphatic heterocycles. The molecule has 0 bridgehead atoms. The van der Waals surface area contributed by atoms with Crippen LogP contribution in [-0.2, 0) is 21.2 Å². The minimum atomic E-state index is -3.46. The third-order valence-corrected chi connectivity index (χ3v) is 6.43. The van der Waals surface area contributed by atoms with Crippen LogP contribution in [0.25, 0.3) is 10.9 Å². The first-order valence-electron chi connectivity index (χ1n) is 11.6. The summed E-state index contributed by atoms with van der Waals surface area (Å²) in [7, 11) is -3.46. The van der Waals surface area contributed by atoms with E-state index in [1.807, 2.05) is 36.9 Å². The molecule has 0 fully saturated rings. The Labute approximate surface area is 205 Å². The van der Waals surface area contributed by atoms with Gasteiger partial charge < -0.3 is 24.8 Å². The highest BCUT2D eigenvalue weighted by atomic mass is 32.2. The molecule has 0 aliphatic carbocycles. The number of aliphatic carboxylic acids is 1. The zero-order valence-corrected chi connectivity index (χ0v) is 21.1. The van der Waals surface area contributed by atoms with Gasteiger partial charge in [-0.2, -0.15) is 0 Å². The second-order valence-corrected chi connectivity index (χ2v) is 10.1. The number of hydrogen-bond donors (Lipinski definition) is 4. The van der Waals surface area contributed by atoms with Crippen LogP contribution in [0.3, 0.4) is 0 Å². The number of benzene rings is 2. The maximum atomic E-state index is 11.8. The Morgan fingerprint density at radius 2 is 1.91 bits per heavy atom. The molecule has 3 aromatic rings. The number of anilines is 2. The molecule has 1 heterocycles. The quantitative estimate of drug-likeness (QED) is 0.280. The van der Waals surface area contributed by atoms with Crippen molar-refractivity contribution in [2.24, 2.45) is 0 Å². The molecule has 0 saturated heterocycles. The summed E-state index contributed by atoms with van der Waals surface area (Å²) in [5.41, 5.74) is 3.64. The molecule has 0 saturated carbocycles. The van der Waals surface area contributed by atoms with Crippen molar-refractivity contribution in [3.05, 3.63) is 53.7 Å². The Hall–Kier alpha value is -3.24. The topological polar surface area (TPSA) is 132 Å². The summed E-state index contributed by atoms with van der Waals surface area (Å²) in [6, 6.07) is 12.6. The van der Waals surface area contributed by atoms with E-state index in [-0.39, 0.29) is 6.61 Å². The van der Waals surface area contributed by atoms with E-state index in [1.165, 1.54) is 0 Å². The van der Waals surface area contributed by atoms with Crippen LogP contribution in [0, 0.1) is 0 Å². The van der Waals surface area contributed by atoms with Crippen molar-refractivity contribution in [2.75, 3.05) is 42.2 Å². The molecule has 0 amide bonds. The summed E-state index contributed by atoms with van der Waals surface area (Å²) in [5, 5.41) is 20.1. The summed E-state index contributed by atoms with van der Waals surface area (Å²) in [4.78, 5) is 17.0. The Bertz CT molecular complexity index is 1270. The molecule has 2 aromatic carbocycles. The number of nitrogens with zero attached hydrogens (tertiary/aromatic N) is 1. The van der Waals surface area contributed by atoms with Crippen molar-refractivity contribution >= 4 is 38.3 Å². The number of ether oxygens (including phenoxy) is 1. The first kappa shape index (κ1) is 26.4. The second kappa shape index (κ2) is 11.5. The van der Waals surface area contributed by atoms with Gasteiger partial charge in [0.05, 0.1) is 36.7 Å². The highest BCUT2D eigenvalue weighted by molar-refractivity contribution is 7.92. The Morgan fingerprint density at radius 1 is 1.17 bits per heavy atom. The number of nitrogens with one attached hydrogen (secondary N) is 2. The number of sulfonamides is 1. The van der Waals surface area contributed by atoms with Gasteiger partial charge in [-0.05, 0) is 42.7 Å². The SMILES string of the molecule is CCc1[nH]c2cc(OCCN(CCO)c3ccccc3NS(C)(=O)=O)ccc2c1C(CC)C(=O)O. The minimum Gasteiger partial charge on any atom is -0.492 e. The van der Waals surface area contributed by atoms with E-state index in [9.17, 15) is 23.4 Å². The van der Waals surface area contributed by atoms with E-state index < -0.39 is 21.9 Å². The first-order chi connectivity index (χ1) is 16.7. The third-order valence-electron chi connectivity index (χ3n) is 5.84. The number of fused-ring (bicyclic) bond motifs is 1. The lowest BCUT2D eigenvalue weighted by Gasteiger charge is -2.26. The van der Waals surface area contributed by atoms with Gasteiger partial charge in [0.2, 0.25) is 10.0 Å². The van der Waals surface area contributed by atoms with Gasteiger partial charge in [0.15, 0.2) is 0 Å². The number of aromatic amines is 1. The maximum absolute atomic E-state index is 11.8. The molecule has 0 aliphatic rings. The van der Waals surface area contributed by atoms with Gasteiger partial charge >= 0.3 is 5.97 Å². The van der Waals surface area contributed by atoms with Crippen LogP contribution in [-0.4, -0.2) is 62.1 Å². The molecule has 0 radical (unpaired) electrons. The van der Waals surface area contributed by atoms with Crippen molar-refractivity contribution in [3.63, 3.8) is 0 Å². The molecule has 1 unspecified atom stereocenters. The molecule has 35 heavy (non-hydrogen) atoms. The van der Waals surface area contributed by atoms with E-state index in [2.05, 4.69) is 9.71 Å². The fourth-order valence-corrected chi connectivity index (χ4v) is 4.88. The second-order valence-electron chi connectivity index (χ2n) is 8.33. The molecule has 1 atom stereocenters. The molecule has 4 N–H and O–H groups in total. The standard InChI is InChI=1S/C25H33N3O6S/c1-4-18(25(30)31)24-19-11-10-17(16-22(19)26-20(24)5-2)34-15-13-28(12-14-29)23-9-7-6-8-21(23)27-35(3,32)33/h6-11,16,18,26-27,29H,4-5,12-15H2,1-3H3,(H,30,31). The number of para-hydroxylation sites is 2. The van der Waals surface area contributed by atoms with Crippen molar-refractivity contribution in [1.29, 1.82) is 0 Å². The number of carboxylic acid groups (broad SMARTS) is 1. The van der Waals surface area contributed by atoms with Gasteiger partial charge in [0.1, 0.15) is 12.4 Å². The van der Waals surface area contributed by atoms with Crippen LogP contribution in [0.1, 0.15) is 37.4 Å². The van der Waals surface area contributed by atoms with Crippen LogP contribution in [0.2, 0.25) is 0 Å². The number of aliphatic hydroxyl groups is 1. The van der Waals surface area contributed by atoms with E-state index in [1.54, 1.807) is 24.3 Å². The number of aliphatic hydroxyl groups excluding tert-OH is 1. The molecule has 190 valence electrons. The summed E-state index contributed by atoms with van der Waals surface area (Å²) >= 11 is 0. The van der Waals surface area contributed by atoms with Gasteiger partial charge in [-0.1, -0.05) is 26.0 Å². The summed E-state index contributed by atoms with van der Waals surface area (Å²) in [6.07, 6.45) is 2.29. The fourth-order valence-electron chi connectivity index (χ4n) is 4.31. The third kappa shape index (κ3) is 6.46. The predicted molar refractivity (Wildman–Crippen MR) is 138 cm³/mol. The molecule has 0 spiro atoms.